The fraction of sp³-hybridized carbons (Fsp3) is 0.261. The van der Waals surface area contributed by atoms with E-state index in [0.29, 0.717) is 23.6 Å². The van der Waals surface area contributed by atoms with Gasteiger partial charge in [-0.15, -0.1) is 0 Å². The van der Waals surface area contributed by atoms with Crippen LogP contribution < -0.4 is 10.2 Å². The van der Waals surface area contributed by atoms with Crippen molar-refractivity contribution in [1.29, 1.82) is 5.26 Å². The van der Waals surface area contributed by atoms with E-state index in [2.05, 4.69) is 21.3 Å². The van der Waals surface area contributed by atoms with Gasteiger partial charge in [0.1, 0.15) is 11.9 Å². The topological polar surface area (TPSA) is 69.0 Å². The maximum Gasteiger partial charge on any atom is 0.251 e. The van der Waals surface area contributed by atoms with E-state index in [-0.39, 0.29) is 5.91 Å². The van der Waals surface area contributed by atoms with Crippen molar-refractivity contribution < 1.29 is 4.79 Å². The first-order valence-corrected chi connectivity index (χ1v) is 9.61. The number of fused-ring (bicyclic) bond motifs is 1. The molecule has 1 aliphatic rings. The van der Waals surface area contributed by atoms with E-state index in [9.17, 15) is 10.1 Å². The van der Waals surface area contributed by atoms with Gasteiger partial charge in [-0.25, -0.2) is 4.98 Å². The van der Waals surface area contributed by atoms with Gasteiger partial charge in [0.2, 0.25) is 0 Å². The van der Waals surface area contributed by atoms with Crippen LogP contribution in [-0.2, 0) is 0 Å². The molecule has 0 radical (unpaired) electrons. The second kappa shape index (κ2) is 8.10. The van der Waals surface area contributed by atoms with E-state index < -0.39 is 0 Å². The Morgan fingerprint density at radius 3 is 2.68 bits per heavy atom. The maximum atomic E-state index is 12.5. The van der Waals surface area contributed by atoms with E-state index in [1.54, 1.807) is 18.3 Å². The predicted octanol–water partition coefficient (Wildman–Crippen LogP) is 3.75. The van der Waals surface area contributed by atoms with Crippen LogP contribution in [0.3, 0.4) is 0 Å². The highest BCUT2D eigenvalue weighted by Gasteiger charge is 2.22. The van der Waals surface area contributed by atoms with Gasteiger partial charge in [0.25, 0.3) is 5.91 Å². The molecule has 1 aliphatic heterocycles. The third-order valence-electron chi connectivity index (χ3n) is 5.38. The van der Waals surface area contributed by atoms with Crippen LogP contribution in [0.1, 0.15) is 28.8 Å². The molecule has 4 rings (SSSR count). The summed E-state index contributed by atoms with van der Waals surface area (Å²) in [7, 11) is 0. The lowest BCUT2D eigenvalue weighted by atomic mass is 9.96. The van der Waals surface area contributed by atoms with Crippen molar-refractivity contribution in [2.45, 2.75) is 12.8 Å². The third-order valence-corrected chi connectivity index (χ3v) is 5.38. The highest BCUT2D eigenvalue weighted by atomic mass is 16.1. The number of pyridine rings is 1. The first-order valence-electron chi connectivity index (χ1n) is 9.61. The third kappa shape index (κ3) is 3.81. The standard InChI is InChI=1S/C23H22N4O/c24-15-21-6-3-11-25-22(21)27-12-9-17(10-13-27)16-26-23(28)20-8-7-18-4-1-2-5-19(18)14-20/h1-8,11,14,17H,9-10,12-13,16H2,(H,26,28). The van der Waals surface area contributed by atoms with Gasteiger partial charge in [0.15, 0.2) is 0 Å². The molecule has 0 bridgehead atoms. The molecule has 1 aromatic heterocycles. The van der Waals surface area contributed by atoms with Crippen molar-refractivity contribution in [3.05, 3.63) is 71.9 Å². The molecule has 1 fully saturated rings. The van der Waals surface area contributed by atoms with Crippen LogP contribution in [0.25, 0.3) is 10.8 Å². The van der Waals surface area contributed by atoms with Crippen LogP contribution in [0.2, 0.25) is 0 Å². The molecule has 0 aliphatic carbocycles. The molecule has 5 nitrogen and oxygen atoms in total. The zero-order valence-electron chi connectivity index (χ0n) is 15.6. The number of benzene rings is 2. The number of hydrogen-bond donors (Lipinski definition) is 1. The van der Waals surface area contributed by atoms with Crippen molar-refractivity contribution in [2.24, 2.45) is 5.92 Å². The van der Waals surface area contributed by atoms with Gasteiger partial charge in [-0.3, -0.25) is 4.79 Å². The van der Waals surface area contributed by atoms with Crippen molar-refractivity contribution >= 4 is 22.5 Å². The Kier molecular flexibility index (Phi) is 5.20. The van der Waals surface area contributed by atoms with Gasteiger partial charge >= 0.3 is 0 Å². The molecular formula is C23H22N4O. The summed E-state index contributed by atoms with van der Waals surface area (Å²) in [5.41, 5.74) is 1.31. The Morgan fingerprint density at radius 2 is 1.89 bits per heavy atom. The van der Waals surface area contributed by atoms with Crippen LogP contribution >= 0.6 is 0 Å². The largest absolute Gasteiger partial charge is 0.356 e. The number of hydrogen-bond acceptors (Lipinski definition) is 4. The number of nitriles is 1. The lowest BCUT2D eigenvalue weighted by molar-refractivity contribution is 0.0945. The van der Waals surface area contributed by atoms with E-state index >= 15 is 0 Å². The molecule has 3 aromatic rings. The Hall–Kier alpha value is -3.39. The lowest BCUT2D eigenvalue weighted by Crippen LogP contribution is -2.39. The average Bonchev–Trinajstić information content (AvgIpc) is 2.77. The Morgan fingerprint density at radius 1 is 1.11 bits per heavy atom. The molecule has 0 unspecified atom stereocenters. The smallest absolute Gasteiger partial charge is 0.251 e. The van der Waals surface area contributed by atoms with E-state index in [0.717, 1.165) is 42.5 Å². The number of amides is 1. The van der Waals surface area contributed by atoms with Gasteiger partial charge in [-0.1, -0.05) is 30.3 Å². The normalized spacial score (nSPS) is 14.6. The van der Waals surface area contributed by atoms with Crippen molar-refractivity contribution in [3.63, 3.8) is 0 Å². The van der Waals surface area contributed by atoms with Gasteiger partial charge in [-0.05, 0) is 53.8 Å². The summed E-state index contributed by atoms with van der Waals surface area (Å²) in [6, 6.07) is 19.7. The first kappa shape index (κ1) is 18.0. The van der Waals surface area contributed by atoms with Gasteiger partial charge in [0.05, 0.1) is 5.56 Å². The maximum absolute atomic E-state index is 12.5. The summed E-state index contributed by atoms with van der Waals surface area (Å²) in [5, 5.41) is 14.6. The van der Waals surface area contributed by atoms with Crippen LogP contribution in [0, 0.1) is 17.2 Å². The predicted molar refractivity (Wildman–Crippen MR) is 110 cm³/mol. The second-order valence-corrected chi connectivity index (χ2v) is 7.19. The first-order chi connectivity index (χ1) is 13.7. The molecular weight excluding hydrogens is 348 g/mol. The molecule has 2 heterocycles. The van der Waals surface area contributed by atoms with Gasteiger partial charge in [0, 0.05) is 31.4 Å². The molecule has 0 atom stereocenters. The van der Waals surface area contributed by atoms with Crippen LogP contribution in [0.15, 0.2) is 60.8 Å². The lowest BCUT2D eigenvalue weighted by Gasteiger charge is -2.33. The number of nitrogens with zero attached hydrogens (tertiary/aromatic N) is 3. The summed E-state index contributed by atoms with van der Waals surface area (Å²) in [6.45, 7) is 2.37. The number of rotatable bonds is 4. The van der Waals surface area contributed by atoms with Crippen LogP contribution in [0.5, 0.6) is 0 Å². The molecule has 1 saturated heterocycles. The Labute approximate surface area is 164 Å². The van der Waals surface area contributed by atoms with Crippen molar-refractivity contribution in [1.82, 2.24) is 10.3 Å². The highest BCUT2D eigenvalue weighted by molar-refractivity contribution is 5.98. The molecule has 1 N–H and O–H groups in total. The summed E-state index contributed by atoms with van der Waals surface area (Å²) in [6.07, 6.45) is 3.67. The summed E-state index contributed by atoms with van der Waals surface area (Å²) in [4.78, 5) is 19.1. The summed E-state index contributed by atoms with van der Waals surface area (Å²) < 4.78 is 0. The minimum Gasteiger partial charge on any atom is -0.356 e. The van der Waals surface area contributed by atoms with Crippen LogP contribution in [0.4, 0.5) is 5.82 Å². The number of anilines is 1. The molecule has 5 heteroatoms. The Bertz CT molecular complexity index is 1030. The number of aromatic nitrogens is 1. The molecule has 0 spiro atoms. The van der Waals surface area contributed by atoms with Crippen molar-refractivity contribution in [2.75, 3.05) is 24.5 Å². The Balaban J connectivity index is 1.32. The summed E-state index contributed by atoms with van der Waals surface area (Å²) >= 11 is 0. The average molecular weight is 370 g/mol. The minimum atomic E-state index is -0.0234. The number of carbonyl (C=O) groups is 1. The quantitative estimate of drug-likeness (QED) is 0.759. The molecule has 0 saturated carbocycles. The van der Waals surface area contributed by atoms with E-state index in [4.69, 9.17) is 0 Å². The minimum absolute atomic E-state index is 0.0234. The molecule has 1 amide bonds. The number of carbonyl (C=O) groups excluding carboxylic acids is 1. The number of piperidine rings is 1. The van der Waals surface area contributed by atoms with Crippen molar-refractivity contribution in [3.8, 4) is 6.07 Å². The number of nitrogens with one attached hydrogen (secondary N) is 1. The van der Waals surface area contributed by atoms with E-state index in [1.807, 2.05) is 42.5 Å². The fourth-order valence-corrected chi connectivity index (χ4v) is 3.75. The zero-order chi connectivity index (χ0) is 19.3. The SMILES string of the molecule is N#Cc1cccnc1N1CCC(CNC(=O)c2ccc3ccccc3c2)CC1. The highest BCUT2D eigenvalue weighted by Crippen LogP contribution is 2.24. The molecule has 140 valence electrons. The van der Waals surface area contributed by atoms with Crippen LogP contribution in [-0.4, -0.2) is 30.5 Å². The summed E-state index contributed by atoms with van der Waals surface area (Å²) in [5.74, 6) is 1.18. The molecule has 2 aromatic carbocycles. The van der Waals surface area contributed by atoms with Gasteiger partial charge in [-0.2, -0.15) is 5.26 Å². The zero-order valence-corrected chi connectivity index (χ0v) is 15.6. The van der Waals surface area contributed by atoms with E-state index in [1.165, 1.54) is 0 Å². The molecule has 28 heavy (non-hydrogen) atoms. The fourth-order valence-electron chi connectivity index (χ4n) is 3.75. The monoisotopic (exact) mass is 370 g/mol. The second-order valence-electron chi connectivity index (χ2n) is 7.19. The van der Waals surface area contributed by atoms with Gasteiger partial charge < -0.3 is 10.2 Å².